The van der Waals surface area contributed by atoms with Crippen LogP contribution in [0.15, 0.2) is 43.0 Å². The fourth-order valence-corrected chi connectivity index (χ4v) is 1.50. The highest BCUT2D eigenvalue weighted by Crippen LogP contribution is 2.22. The van der Waals surface area contributed by atoms with Crippen LogP contribution >= 0.6 is 0 Å². The van der Waals surface area contributed by atoms with Crippen molar-refractivity contribution in [3.05, 3.63) is 54.1 Å². The molecular weight excluding hydrogens is 222 g/mol. The maximum Gasteiger partial charge on any atom is 0.244 e. The van der Waals surface area contributed by atoms with Crippen molar-refractivity contribution in [2.24, 2.45) is 0 Å². The third-order valence-corrected chi connectivity index (χ3v) is 2.62. The fraction of sp³-hybridized carbons (Fsp3) is 0.312. The van der Waals surface area contributed by atoms with Gasteiger partial charge in [-0.15, -0.1) is 6.58 Å². The van der Waals surface area contributed by atoms with E-state index < -0.39 is 0 Å². The van der Waals surface area contributed by atoms with Crippen LogP contribution in [0.2, 0.25) is 0 Å². The van der Waals surface area contributed by atoms with Crippen molar-refractivity contribution >= 4 is 12.0 Å². The summed E-state index contributed by atoms with van der Waals surface area (Å²) in [7, 11) is 0. The first-order chi connectivity index (χ1) is 8.43. The highest BCUT2D eigenvalue weighted by Gasteiger charge is 2.12. The van der Waals surface area contributed by atoms with Gasteiger partial charge in [0.25, 0.3) is 0 Å². The van der Waals surface area contributed by atoms with Crippen molar-refractivity contribution in [3.63, 3.8) is 0 Å². The lowest BCUT2D eigenvalue weighted by molar-refractivity contribution is -0.116. The molecule has 0 bridgehead atoms. The van der Waals surface area contributed by atoms with Gasteiger partial charge in [0.1, 0.15) is 0 Å². The molecule has 0 aliphatic carbocycles. The van der Waals surface area contributed by atoms with Gasteiger partial charge in [-0.1, -0.05) is 51.1 Å². The lowest BCUT2D eigenvalue weighted by Gasteiger charge is -2.18. The first-order valence-corrected chi connectivity index (χ1v) is 6.11. The molecule has 0 aliphatic heterocycles. The van der Waals surface area contributed by atoms with Crippen LogP contribution in [0.4, 0.5) is 0 Å². The van der Waals surface area contributed by atoms with E-state index in [0.29, 0.717) is 6.54 Å². The number of amides is 1. The van der Waals surface area contributed by atoms with Crippen molar-refractivity contribution < 1.29 is 4.79 Å². The molecule has 1 rings (SSSR count). The first-order valence-electron chi connectivity index (χ1n) is 6.11. The molecule has 0 fully saturated rings. The predicted molar refractivity (Wildman–Crippen MR) is 77.4 cm³/mol. The van der Waals surface area contributed by atoms with Crippen LogP contribution in [-0.4, -0.2) is 12.5 Å². The van der Waals surface area contributed by atoms with Crippen LogP contribution in [0.1, 0.15) is 31.9 Å². The Kier molecular flexibility index (Phi) is 4.90. The molecule has 0 spiro atoms. The van der Waals surface area contributed by atoms with Gasteiger partial charge in [0.2, 0.25) is 5.91 Å². The molecule has 0 aromatic heterocycles. The maximum atomic E-state index is 11.4. The number of hydrogen-bond donors (Lipinski definition) is 1. The van der Waals surface area contributed by atoms with Crippen LogP contribution in [-0.2, 0) is 10.2 Å². The van der Waals surface area contributed by atoms with Gasteiger partial charge in [0, 0.05) is 12.6 Å². The van der Waals surface area contributed by atoms with E-state index in [0.717, 1.165) is 5.56 Å². The van der Waals surface area contributed by atoms with Gasteiger partial charge < -0.3 is 5.32 Å². The lowest BCUT2D eigenvalue weighted by Crippen LogP contribution is -2.20. The molecule has 0 aliphatic rings. The number of benzene rings is 1. The standard InChI is InChI=1S/C16H21NO/c1-5-12-17-15(18)11-8-13-6-9-14(10-7-13)16(2,3)4/h5-11H,1,12H2,2-4H3,(H,17,18). The molecule has 0 heterocycles. The predicted octanol–water partition coefficient (Wildman–Crippen LogP) is 3.30. The van der Waals surface area contributed by atoms with Crippen molar-refractivity contribution in [2.45, 2.75) is 26.2 Å². The topological polar surface area (TPSA) is 29.1 Å². The van der Waals surface area contributed by atoms with Crippen LogP contribution in [0.5, 0.6) is 0 Å². The molecule has 2 nitrogen and oxygen atoms in total. The lowest BCUT2D eigenvalue weighted by atomic mass is 9.87. The molecule has 1 N–H and O–H groups in total. The summed E-state index contributed by atoms with van der Waals surface area (Å²) in [5.41, 5.74) is 2.47. The maximum absolute atomic E-state index is 11.4. The zero-order valence-electron chi connectivity index (χ0n) is 11.4. The van der Waals surface area contributed by atoms with E-state index in [9.17, 15) is 4.79 Å². The Morgan fingerprint density at radius 2 is 1.89 bits per heavy atom. The quantitative estimate of drug-likeness (QED) is 0.638. The number of hydrogen-bond acceptors (Lipinski definition) is 1. The molecule has 2 heteroatoms. The van der Waals surface area contributed by atoms with E-state index >= 15 is 0 Å². The Bertz CT molecular complexity index is 435. The first kappa shape index (κ1) is 14.2. The summed E-state index contributed by atoms with van der Waals surface area (Å²) < 4.78 is 0. The molecule has 1 aromatic rings. The summed E-state index contributed by atoms with van der Waals surface area (Å²) in [6, 6.07) is 8.25. The van der Waals surface area contributed by atoms with Crippen LogP contribution in [0.3, 0.4) is 0 Å². The second kappa shape index (κ2) is 6.20. The second-order valence-electron chi connectivity index (χ2n) is 5.24. The Morgan fingerprint density at radius 3 is 2.39 bits per heavy atom. The van der Waals surface area contributed by atoms with Crippen LogP contribution in [0, 0.1) is 0 Å². The third kappa shape index (κ3) is 4.58. The monoisotopic (exact) mass is 243 g/mol. The molecule has 0 saturated carbocycles. The summed E-state index contributed by atoms with van der Waals surface area (Å²) in [4.78, 5) is 11.4. The van der Waals surface area contributed by atoms with Gasteiger partial charge in [-0.25, -0.2) is 0 Å². The number of nitrogens with one attached hydrogen (secondary N) is 1. The van der Waals surface area contributed by atoms with E-state index in [-0.39, 0.29) is 11.3 Å². The zero-order valence-corrected chi connectivity index (χ0v) is 11.4. The average molecular weight is 243 g/mol. The molecule has 96 valence electrons. The third-order valence-electron chi connectivity index (χ3n) is 2.62. The minimum absolute atomic E-state index is 0.102. The number of rotatable bonds is 4. The number of carbonyl (C=O) groups excluding carboxylic acids is 1. The van der Waals surface area contributed by atoms with Gasteiger partial charge in [-0.3, -0.25) is 4.79 Å². The average Bonchev–Trinajstić information content (AvgIpc) is 2.33. The van der Waals surface area contributed by atoms with Crippen molar-refractivity contribution in [1.82, 2.24) is 5.32 Å². The zero-order chi connectivity index (χ0) is 13.6. The highest BCUT2D eigenvalue weighted by molar-refractivity contribution is 5.91. The van der Waals surface area contributed by atoms with Crippen LogP contribution in [0.25, 0.3) is 6.08 Å². The minimum atomic E-state index is -0.102. The van der Waals surface area contributed by atoms with E-state index in [4.69, 9.17) is 0 Å². The van der Waals surface area contributed by atoms with Crippen molar-refractivity contribution in [1.29, 1.82) is 0 Å². The fourth-order valence-electron chi connectivity index (χ4n) is 1.50. The molecule has 1 aromatic carbocycles. The van der Waals surface area contributed by atoms with Gasteiger partial charge in [-0.05, 0) is 22.6 Å². The minimum Gasteiger partial charge on any atom is -0.349 e. The van der Waals surface area contributed by atoms with Gasteiger partial charge in [0.15, 0.2) is 0 Å². The van der Waals surface area contributed by atoms with Crippen LogP contribution < -0.4 is 5.32 Å². The summed E-state index contributed by atoms with van der Waals surface area (Å²) in [5, 5.41) is 2.69. The van der Waals surface area contributed by atoms with E-state index in [2.05, 4.69) is 44.8 Å². The molecule has 18 heavy (non-hydrogen) atoms. The second-order valence-corrected chi connectivity index (χ2v) is 5.24. The molecular formula is C16H21NO. The van der Waals surface area contributed by atoms with Gasteiger partial charge in [0.05, 0.1) is 0 Å². The Hall–Kier alpha value is -1.83. The summed E-state index contributed by atoms with van der Waals surface area (Å²) in [6.45, 7) is 10.6. The van der Waals surface area contributed by atoms with E-state index in [1.54, 1.807) is 6.08 Å². The molecule has 0 atom stereocenters. The summed E-state index contributed by atoms with van der Waals surface area (Å²) >= 11 is 0. The molecule has 0 radical (unpaired) electrons. The van der Waals surface area contributed by atoms with Crippen molar-refractivity contribution in [3.8, 4) is 0 Å². The smallest absolute Gasteiger partial charge is 0.244 e. The summed E-state index contributed by atoms with van der Waals surface area (Å²) in [5.74, 6) is -0.102. The Labute approximate surface area is 109 Å². The van der Waals surface area contributed by atoms with Crippen molar-refractivity contribution in [2.75, 3.05) is 6.54 Å². The van der Waals surface area contributed by atoms with Gasteiger partial charge in [-0.2, -0.15) is 0 Å². The SMILES string of the molecule is C=CCNC(=O)C=Cc1ccc(C(C)(C)C)cc1. The van der Waals surface area contributed by atoms with E-state index in [1.807, 2.05) is 18.2 Å². The largest absolute Gasteiger partial charge is 0.349 e. The Balaban J connectivity index is 2.66. The normalized spacial score (nSPS) is 11.5. The Morgan fingerprint density at radius 1 is 1.28 bits per heavy atom. The summed E-state index contributed by atoms with van der Waals surface area (Å²) in [6.07, 6.45) is 5.00. The molecule has 0 unspecified atom stereocenters. The highest BCUT2D eigenvalue weighted by atomic mass is 16.1. The van der Waals surface area contributed by atoms with Gasteiger partial charge >= 0.3 is 0 Å². The van der Waals surface area contributed by atoms with E-state index in [1.165, 1.54) is 11.6 Å². The number of carbonyl (C=O) groups is 1. The molecule has 0 saturated heterocycles. The molecule has 1 amide bonds.